The van der Waals surface area contributed by atoms with E-state index in [4.69, 9.17) is 10.3 Å². The third kappa shape index (κ3) is 4.76. The van der Waals surface area contributed by atoms with Crippen LogP contribution in [0, 0.1) is 11.8 Å². The summed E-state index contributed by atoms with van der Waals surface area (Å²) in [6.07, 6.45) is 0. The van der Waals surface area contributed by atoms with Gasteiger partial charge < -0.3 is 10.3 Å². The molecule has 0 aliphatic heterocycles. The molecule has 31 heavy (non-hydrogen) atoms. The van der Waals surface area contributed by atoms with Crippen LogP contribution in [0.2, 0.25) is 0 Å². The number of H-pyrrole nitrogens is 1. The van der Waals surface area contributed by atoms with Crippen LogP contribution < -0.4 is 21.9 Å². The molecule has 0 spiro atoms. The molecule has 0 radical (unpaired) electrons. The molecule has 9 nitrogen and oxygen atoms in total. The minimum Gasteiger partial charge on any atom is -0.383 e. The van der Waals surface area contributed by atoms with Crippen molar-refractivity contribution in [1.82, 2.24) is 14.7 Å². The number of nitrogens with two attached hydrogens (primary N) is 1. The Hall–Kier alpha value is -3.62. The Labute approximate surface area is 179 Å². The zero-order chi connectivity index (χ0) is 22.7. The molecule has 0 unspecified atom stereocenters. The number of aromatic nitrogens is 3. The fourth-order valence-electron chi connectivity index (χ4n) is 3.28. The van der Waals surface area contributed by atoms with Crippen LogP contribution in [0.25, 0.3) is 11.3 Å². The summed E-state index contributed by atoms with van der Waals surface area (Å²) in [5.74, 6) is -0.0272. The minimum atomic E-state index is -0.719. The molecular formula is C22H27N5O4. The summed E-state index contributed by atoms with van der Waals surface area (Å²) < 4.78 is 6.63. The first-order valence-corrected chi connectivity index (χ1v) is 10.2. The van der Waals surface area contributed by atoms with Gasteiger partial charge in [0, 0.05) is 24.7 Å². The number of nitrogens with one attached hydrogen (secondary N) is 1. The van der Waals surface area contributed by atoms with Crippen LogP contribution in [0.4, 0.5) is 11.5 Å². The van der Waals surface area contributed by atoms with E-state index in [1.807, 2.05) is 58.0 Å². The van der Waals surface area contributed by atoms with Crippen molar-refractivity contribution in [3.63, 3.8) is 0 Å². The number of hydrogen-bond donors (Lipinski definition) is 2. The van der Waals surface area contributed by atoms with Crippen molar-refractivity contribution in [2.75, 3.05) is 17.2 Å². The SMILES string of the molecule is CC(C)CN(C(=O)c1cc(-c2ccccc2)on1)c1c(N)n(CC(C)C)c(=O)[nH]c1=O. The van der Waals surface area contributed by atoms with E-state index in [9.17, 15) is 14.4 Å². The van der Waals surface area contributed by atoms with Gasteiger partial charge in [0.2, 0.25) is 0 Å². The zero-order valence-corrected chi connectivity index (χ0v) is 18.1. The fourth-order valence-corrected chi connectivity index (χ4v) is 3.28. The number of nitrogens with zero attached hydrogens (tertiary/aromatic N) is 3. The van der Waals surface area contributed by atoms with Gasteiger partial charge >= 0.3 is 5.69 Å². The summed E-state index contributed by atoms with van der Waals surface area (Å²) >= 11 is 0. The highest BCUT2D eigenvalue weighted by Crippen LogP contribution is 2.24. The average Bonchev–Trinajstić information content (AvgIpc) is 3.20. The monoisotopic (exact) mass is 425 g/mol. The summed E-state index contributed by atoms with van der Waals surface area (Å²) in [4.78, 5) is 41.9. The number of nitrogen functional groups attached to an aromatic ring is 1. The van der Waals surface area contributed by atoms with Crippen LogP contribution in [0.3, 0.4) is 0 Å². The molecule has 0 bridgehead atoms. The summed E-state index contributed by atoms with van der Waals surface area (Å²) in [5, 5.41) is 3.91. The van der Waals surface area contributed by atoms with E-state index in [2.05, 4.69) is 10.1 Å². The molecule has 0 fully saturated rings. The molecule has 0 saturated heterocycles. The van der Waals surface area contributed by atoms with Crippen molar-refractivity contribution in [2.24, 2.45) is 11.8 Å². The highest BCUT2D eigenvalue weighted by molar-refractivity contribution is 6.06. The van der Waals surface area contributed by atoms with E-state index in [0.717, 1.165) is 5.56 Å². The lowest BCUT2D eigenvalue weighted by Gasteiger charge is -2.25. The average molecular weight is 425 g/mol. The fraction of sp³-hybridized carbons (Fsp3) is 0.364. The summed E-state index contributed by atoms with van der Waals surface area (Å²) in [7, 11) is 0. The van der Waals surface area contributed by atoms with Gasteiger partial charge in [0.05, 0.1) is 0 Å². The van der Waals surface area contributed by atoms with Crippen LogP contribution in [-0.4, -0.2) is 27.2 Å². The number of carbonyl (C=O) groups is 1. The molecule has 0 atom stereocenters. The van der Waals surface area contributed by atoms with Gasteiger partial charge in [-0.3, -0.25) is 24.0 Å². The molecule has 0 saturated carbocycles. The first-order chi connectivity index (χ1) is 14.7. The zero-order valence-electron chi connectivity index (χ0n) is 18.1. The Morgan fingerprint density at radius 2 is 1.84 bits per heavy atom. The molecule has 0 aliphatic carbocycles. The number of amides is 1. The highest BCUT2D eigenvalue weighted by atomic mass is 16.5. The molecule has 0 aliphatic rings. The maximum atomic E-state index is 13.4. The van der Waals surface area contributed by atoms with E-state index in [1.54, 1.807) is 0 Å². The Morgan fingerprint density at radius 3 is 2.45 bits per heavy atom. The van der Waals surface area contributed by atoms with E-state index in [0.29, 0.717) is 12.3 Å². The van der Waals surface area contributed by atoms with Crippen molar-refractivity contribution < 1.29 is 9.32 Å². The number of rotatable bonds is 7. The maximum absolute atomic E-state index is 13.4. The van der Waals surface area contributed by atoms with Gasteiger partial charge in [0.1, 0.15) is 5.82 Å². The van der Waals surface area contributed by atoms with E-state index in [-0.39, 0.29) is 35.6 Å². The highest BCUT2D eigenvalue weighted by Gasteiger charge is 2.28. The Bertz CT molecular complexity index is 1170. The van der Waals surface area contributed by atoms with Crippen molar-refractivity contribution in [3.05, 3.63) is 62.9 Å². The number of aromatic amines is 1. The summed E-state index contributed by atoms with van der Waals surface area (Å²) in [6, 6.07) is 10.8. The van der Waals surface area contributed by atoms with Gasteiger partial charge in [0.25, 0.3) is 11.5 Å². The lowest BCUT2D eigenvalue weighted by Crippen LogP contribution is -2.43. The summed E-state index contributed by atoms with van der Waals surface area (Å²) in [6.45, 7) is 8.18. The molecule has 164 valence electrons. The van der Waals surface area contributed by atoms with Crippen LogP contribution in [0.5, 0.6) is 0 Å². The number of carbonyl (C=O) groups excluding carboxylic acids is 1. The minimum absolute atomic E-state index is 0.0220. The van der Waals surface area contributed by atoms with Crippen LogP contribution >= 0.6 is 0 Å². The normalized spacial score (nSPS) is 11.3. The Morgan fingerprint density at radius 1 is 1.16 bits per heavy atom. The van der Waals surface area contributed by atoms with Crippen molar-refractivity contribution in [3.8, 4) is 11.3 Å². The molecule has 1 aromatic carbocycles. The molecule has 1 amide bonds. The number of anilines is 2. The largest absolute Gasteiger partial charge is 0.383 e. The lowest BCUT2D eigenvalue weighted by molar-refractivity contribution is 0.0975. The van der Waals surface area contributed by atoms with Crippen molar-refractivity contribution >= 4 is 17.4 Å². The quantitative estimate of drug-likeness (QED) is 0.599. The van der Waals surface area contributed by atoms with Gasteiger partial charge in [-0.15, -0.1) is 0 Å². The third-order valence-corrected chi connectivity index (χ3v) is 4.61. The van der Waals surface area contributed by atoms with E-state index >= 15 is 0 Å². The second kappa shape index (κ2) is 9.03. The molecule has 2 heterocycles. The molecule has 3 aromatic rings. The predicted octanol–water partition coefficient (Wildman–Crippen LogP) is 2.73. The van der Waals surface area contributed by atoms with Crippen molar-refractivity contribution in [1.29, 1.82) is 0 Å². The topological polar surface area (TPSA) is 127 Å². The first kappa shape index (κ1) is 22.1. The Kier molecular flexibility index (Phi) is 6.43. The van der Waals surface area contributed by atoms with Gasteiger partial charge in [-0.2, -0.15) is 0 Å². The molecular weight excluding hydrogens is 398 g/mol. The molecule has 9 heteroatoms. The van der Waals surface area contributed by atoms with Crippen LogP contribution in [0.15, 0.2) is 50.5 Å². The summed E-state index contributed by atoms with van der Waals surface area (Å²) in [5.41, 5.74) is 5.65. The Balaban J connectivity index is 2.08. The third-order valence-electron chi connectivity index (χ3n) is 4.61. The van der Waals surface area contributed by atoms with Gasteiger partial charge in [0.15, 0.2) is 17.1 Å². The predicted molar refractivity (Wildman–Crippen MR) is 119 cm³/mol. The molecule has 3 rings (SSSR count). The smallest absolute Gasteiger partial charge is 0.330 e. The van der Waals surface area contributed by atoms with E-state index in [1.165, 1.54) is 15.5 Å². The molecule has 2 aromatic heterocycles. The van der Waals surface area contributed by atoms with Crippen molar-refractivity contribution in [2.45, 2.75) is 34.2 Å². The second-order valence-corrected chi connectivity index (χ2v) is 8.25. The van der Waals surface area contributed by atoms with Gasteiger partial charge in [-0.05, 0) is 11.8 Å². The standard InChI is InChI=1S/C22H27N5O4/c1-13(2)11-26(18-19(23)27(12-14(3)4)22(30)24-20(18)28)21(29)16-10-17(31-25-16)15-8-6-5-7-9-15/h5-10,13-14H,11-12,23H2,1-4H3,(H,24,28,30). The molecule has 3 N–H and O–H groups in total. The van der Waals surface area contributed by atoms with Gasteiger partial charge in [-0.25, -0.2) is 4.79 Å². The van der Waals surface area contributed by atoms with Crippen LogP contribution in [0.1, 0.15) is 38.2 Å². The number of benzene rings is 1. The van der Waals surface area contributed by atoms with E-state index < -0.39 is 17.2 Å². The second-order valence-electron chi connectivity index (χ2n) is 8.25. The first-order valence-electron chi connectivity index (χ1n) is 10.2. The van der Waals surface area contributed by atoms with Gasteiger partial charge in [-0.1, -0.05) is 63.2 Å². The lowest BCUT2D eigenvalue weighted by atomic mass is 10.1. The number of hydrogen-bond acceptors (Lipinski definition) is 6. The maximum Gasteiger partial charge on any atom is 0.330 e. The van der Waals surface area contributed by atoms with Crippen LogP contribution in [-0.2, 0) is 6.54 Å².